The van der Waals surface area contributed by atoms with E-state index in [-0.39, 0.29) is 22.4 Å². The van der Waals surface area contributed by atoms with Gasteiger partial charge in [-0.05, 0) is 53.4 Å². The average Bonchev–Trinajstić information content (AvgIpc) is 3.09. The second-order valence-electron chi connectivity index (χ2n) is 7.19. The molecule has 0 unspecified atom stereocenters. The highest BCUT2D eigenvalue weighted by molar-refractivity contribution is 9.10. The van der Waals surface area contributed by atoms with Crippen molar-refractivity contribution >= 4 is 54.9 Å². The van der Waals surface area contributed by atoms with Crippen molar-refractivity contribution in [3.05, 3.63) is 33.6 Å². The number of carbonyl (C=O) groups is 2. The second-order valence-corrected chi connectivity index (χ2v) is 11.3. The lowest BCUT2D eigenvalue weighted by Crippen LogP contribution is -2.42. The summed E-state index contributed by atoms with van der Waals surface area (Å²) in [6.07, 6.45) is 1.37. The SMILES string of the molecule is CCS(=O)(=O)N1CCC(Nc2cccc(-c3sc(C(=O)O)c(OCC(=O)O)c3Br)c2)CC1. The van der Waals surface area contributed by atoms with Gasteiger partial charge in [0.2, 0.25) is 10.0 Å². The quantitative estimate of drug-likeness (QED) is 0.434. The number of halogens is 1. The van der Waals surface area contributed by atoms with Crippen molar-refractivity contribution in [2.24, 2.45) is 0 Å². The summed E-state index contributed by atoms with van der Waals surface area (Å²) < 4.78 is 31.2. The Balaban J connectivity index is 1.77. The minimum Gasteiger partial charge on any atom is -0.479 e. The van der Waals surface area contributed by atoms with Crippen LogP contribution in [-0.4, -0.2) is 66.4 Å². The molecule has 1 aliphatic rings. The molecule has 1 aliphatic heterocycles. The molecule has 3 N–H and O–H groups in total. The molecule has 0 bridgehead atoms. The van der Waals surface area contributed by atoms with Gasteiger partial charge < -0.3 is 20.3 Å². The van der Waals surface area contributed by atoms with E-state index in [1.165, 1.54) is 4.31 Å². The highest BCUT2D eigenvalue weighted by Gasteiger charge is 2.27. The summed E-state index contributed by atoms with van der Waals surface area (Å²) in [5, 5.41) is 21.8. The number of piperidine rings is 1. The minimum atomic E-state index is -3.18. The van der Waals surface area contributed by atoms with E-state index in [9.17, 15) is 23.1 Å². The van der Waals surface area contributed by atoms with Crippen molar-refractivity contribution in [3.8, 4) is 16.2 Å². The van der Waals surface area contributed by atoms with Crippen LogP contribution in [0, 0.1) is 0 Å². The molecule has 1 saturated heterocycles. The summed E-state index contributed by atoms with van der Waals surface area (Å²) in [7, 11) is -3.18. The van der Waals surface area contributed by atoms with Gasteiger partial charge in [0.1, 0.15) is 0 Å². The van der Waals surface area contributed by atoms with Gasteiger partial charge in [-0.1, -0.05) is 12.1 Å². The molecule has 0 atom stereocenters. The number of anilines is 1. The number of benzene rings is 1. The van der Waals surface area contributed by atoms with Crippen LogP contribution in [0.5, 0.6) is 5.75 Å². The van der Waals surface area contributed by atoms with Gasteiger partial charge in [0.05, 0.1) is 15.1 Å². The molecule has 0 saturated carbocycles. The predicted octanol–water partition coefficient (Wildman–Crippen LogP) is 3.57. The Morgan fingerprint density at radius 2 is 1.97 bits per heavy atom. The zero-order chi connectivity index (χ0) is 23.5. The highest BCUT2D eigenvalue weighted by atomic mass is 79.9. The molecule has 1 aromatic carbocycles. The van der Waals surface area contributed by atoms with Crippen LogP contribution >= 0.6 is 27.3 Å². The molecule has 0 spiro atoms. The molecule has 1 fully saturated rings. The van der Waals surface area contributed by atoms with Crippen LogP contribution in [0.3, 0.4) is 0 Å². The molecule has 0 amide bonds. The van der Waals surface area contributed by atoms with Crippen molar-refractivity contribution in [2.75, 3.05) is 30.8 Å². The highest BCUT2D eigenvalue weighted by Crippen LogP contribution is 2.46. The van der Waals surface area contributed by atoms with Crippen molar-refractivity contribution in [1.82, 2.24) is 4.31 Å². The molecule has 12 heteroatoms. The number of ether oxygens (including phenoxy) is 1. The molecule has 174 valence electrons. The zero-order valence-corrected chi connectivity index (χ0v) is 20.4. The number of aromatic carboxylic acids is 1. The first-order valence-electron chi connectivity index (χ1n) is 9.87. The van der Waals surface area contributed by atoms with Crippen LogP contribution in [0.15, 0.2) is 28.7 Å². The fourth-order valence-electron chi connectivity index (χ4n) is 3.43. The van der Waals surface area contributed by atoms with Gasteiger partial charge in [-0.2, -0.15) is 0 Å². The van der Waals surface area contributed by atoms with Crippen molar-refractivity contribution in [1.29, 1.82) is 0 Å². The first kappa shape index (κ1) is 24.5. The third-order valence-corrected chi connectivity index (χ3v) is 9.16. The summed E-state index contributed by atoms with van der Waals surface area (Å²) in [6.45, 7) is 1.93. The van der Waals surface area contributed by atoms with Gasteiger partial charge in [-0.3, -0.25) is 0 Å². The zero-order valence-electron chi connectivity index (χ0n) is 17.2. The first-order valence-corrected chi connectivity index (χ1v) is 13.1. The molecule has 1 aromatic heterocycles. The number of carboxylic acids is 2. The van der Waals surface area contributed by atoms with E-state index < -0.39 is 28.6 Å². The normalized spacial score (nSPS) is 15.4. The van der Waals surface area contributed by atoms with Gasteiger partial charge >= 0.3 is 11.9 Å². The van der Waals surface area contributed by atoms with Gasteiger partial charge in [0.15, 0.2) is 17.2 Å². The number of sulfonamides is 1. The molecular formula is C20H23BrN2O7S2. The Morgan fingerprint density at radius 3 is 2.56 bits per heavy atom. The number of hydrogen-bond donors (Lipinski definition) is 3. The lowest BCUT2D eigenvalue weighted by atomic mass is 10.1. The first-order chi connectivity index (χ1) is 15.1. The predicted molar refractivity (Wildman–Crippen MR) is 125 cm³/mol. The van der Waals surface area contributed by atoms with E-state index in [1.54, 1.807) is 6.92 Å². The number of thiophene rings is 1. The van der Waals surface area contributed by atoms with Crippen LogP contribution in [0.2, 0.25) is 0 Å². The van der Waals surface area contributed by atoms with Gasteiger partial charge in [0, 0.05) is 24.8 Å². The molecule has 3 rings (SSSR count). The van der Waals surface area contributed by atoms with Crippen molar-refractivity contribution in [2.45, 2.75) is 25.8 Å². The fourth-order valence-corrected chi connectivity index (χ4v) is 6.45. The number of carboxylic acid groups (broad SMARTS) is 2. The van der Waals surface area contributed by atoms with Crippen LogP contribution < -0.4 is 10.1 Å². The standard InChI is InChI=1S/C20H23BrN2O7S2/c1-2-32(28,29)23-8-6-13(7-9-23)22-14-5-3-4-12(10-14)18-16(21)17(30-11-15(24)25)19(31-18)20(26)27/h3-5,10,13,22H,2,6-9,11H2,1H3,(H,24,25)(H,26,27). The summed E-state index contributed by atoms with van der Waals surface area (Å²) >= 11 is 4.35. The van der Waals surface area contributed by atoms with E-state index in [0.29, 0.717) is 35.3 Å². The van der Waals surface area contributed by atoms with Crippen LogP contribution in [-0.2, 0) is 14.8 Å². The molecule has 2 aromatic rings. The van der Waals surface area contributed by atoms with Crippen LogP contribution in [0.1, 0.15) is 29.4 Å². The number of nitrogens with one attached hydrogen (secondary N) is 1. The van der Waals surface area contributed by atoms with E-state index in [1.807, 2.05) is 24.3 Å². The minimum absolute atomic E-state index is 0.0113. The average molecular weight is 547 g/mol. The molecule has 32 heavy (non-hydrogen) atoms. The monoisotopic (exact) mass is 546 g/mol. The lowest BCUT2D eigenvalue weighted by molar-refractivity contribution is -0.139. The maximum atomic E-state index is 12.0. The van der Waals surface area contributed by atoms with Crippen molar-refractivity contribution < 1.29 is 33.0 Å². The Kier molecular flexibility index (Phi) is 7.80. The third-order valence-electron chi connectivity index (χ3n) is 5.05. The summed E-state index contributed by atoms with van der Waals surface area (Å²) in [4.78, 5) is 23.0. The summed E-state index contributed by atoms with van der Waals surface area (Å²) in [5.74, 6) is -2.32. The van der Waals surface area contributed by atoms with Crippen LogP contribution in [0.4, 0.5) is 5.69 Å². The fraction of sp³-hybridized carbons (Fsp3) is 0.400. The molecular weight excluding hydrogens is 524 g/mol. The van der Waals surface area contributed by atoms with Gasteiger partial charge in [-0.25, -0.2) is 22.3 Å². The Hall–Kier alpha value is -2.15. The molecule has 0 radical (unpaired) electrons. The summed E-state index contributed by atoms with van der Waals surface area (Å²) in [6, 6.07) is 7.53. The largest absolute Gasteiger partial charge is 0.479 e. The second kappa shape index (κ2) is 10.2. The topological polar surface area (TPSA) is 133 Å². The van der Waals surface area contributed by atoms with E-state index in [2.05, 4.69) is 21.2 Å². The number of rotatable bonds is 9. The van der Waals surface area contributed by atoms with E-state index >= 15 is 0 Å². The maximum absolute atomic E-state index is 12.0. The van der Waals surface area contributed by atoms with Crippen molar-refractivity contribution in [3.63, 3.8) is 0 Å². The summed E-state index contributed by atoms with van der Waals surface area (Å²) in [5.41, 5.74) is 1.56. The number of aliphatic carboxylic acids is 1. The maximum Gasteiger partial charge on any atom is 0.349 e. The Bertz CT molecular complexity index is 1110. The number of hydrogen-bond acceptors (Lipinski definition) is 7. The van der Waals surface area contributed by atoms with Crippen LogP contribution in [0.25, 0.3) is 10.4 Å². The Labute approximate surface area is 198 Å². The van der Waals surface area contributed by atoms with Gasteiger partial charge in [0.25, 0.3) is 0 Å². The van der Waals surface area contributed by atoms with Gasteiger partial charge in [-0.15, -0.1) is 11.3 Å². The third kappa shape index (κ3) is 5.61. The number of nitrogens with zero attached hydrogens (tertiary/aromatic N) is 1. The lowest BCUT2D eigenvalue weighted by Gasteiger charge is -2.32. The molecule has 9 nitrogen and oxygen atoms in total. The van der Waals surface area contributed by atoms with E-state index in [4.69, 9.17) is 9.84 Å². The van der Waals surface area contributed by atoms with E-state index in [0.717, 1.165) is 22.6 Å². The smallest absolute Gasteiger partial charge is 0.349 e. The Morgan fingerprint density at radius 1 is 1.28 bits per heavy atom. The molecule has 2 heterocycles. The molecule has 0 aliphatic carbocycles.